The Morgan fingerprint density at radius 3 is 2.83 bits per heavy atom. The highest BCUT2D eigenvalue weighted by molar-refractivity contribution is 5.22. The van der Waals surface area contributed by atoms with Gasteiger partial charge in [-0.15, -0.1) is 0 Å². The molecule has 1 aromatic rings. The summed E-state index contributed by atoms with van der Waals surface area (Å²) in [7, 11) is 3.40. The van der Waals surface area contributed by atoms with E-state index in [1.54, 1.807) is 19.4 Å². The van der Waals surface area contributed by atoms with E-state index in [0.717, 1.165) is 5.75 Å². The molecule has 0 saturated carbocycles. The van der Waals surface area contributed by atoms with Crippen LogP contribution in [0.25, 0.3) is 0 Å². The minimum absolute atomic E-state index is 0.480. The van der Waals surface area contributed by atoms with Crippen molar-refractivity contribution in [2.75, 3.05) is 20.9 Å². The molecular formula is C8H12N2O2. The van der Waals surface area contributed by atoms with Crippen LogP contribution in [0.2, 0.25) is 0 Å². The van der Waals surface area contributed by atoms with Gasteiger partial charge in [-0.1, -0.05) is 0 Å². The van der Waals surface area contributed by atoms with Crippen molar-refractivity contribution in [3.05, 3.63) is 18.3 Å². The number of aromatic nitrogens is 1. The van der Waals surface area contributed by atoms with Gasteiger partial charge >= 0.3 is 0 Å². The number of nitrogens with one attached hydrogen (secondary N) is 1. The smallest absolute Gasteiger partial charge is 0.213 e. The lowest BCUT2D eigenvalue weighted by atomic mass is 10.4. The third kappa shape index (κ3) is 2.39. The molecule has 0 aliphatic heterocycles. The number of pyridine rings is 1. The topological polar surface area (TPSA) is 43.4 Å². The van der Waals surface area contributed by atoms with E-state index < -0.39 is 0 Å². The van der Waals surface area contributed by atoms with Crippen molar-refractivity contribution in [2.45, 2.75) is 0 Å². The summed E-state index contributed by atoms with van der Waals surface area (Å²) in [4.78, 5) is 3.98. The Labute approximate surface area is 71.5 Å². The molecule has 0 unspecified atom stereocenters. The van der Waals surface area contributed by atoms with Crippen molar-refractivity contribution in [3.8, 4) is 11.6 Å². The molecule has 0 aliphatic rings. The van der Waals surface area contributed by atoms with E-state index in [2.05, 4.69) is 10.3 Å². The summed E-state index contributed by atoms with van der Waals surface area (Å²) >= 11 is 0. The Bertz CT molecular complexity index is 223. The summed E-state index contributed by atoms with van der Waals surface area (Å²) in [5.74, 6) is 1.32. The first-order valence-electron chi connectivity index (χ1n) is 3.64. The van der Waals surface area contributed by atoms with Gasteiger partial charge in [-0.3, -0.25) is 5.32 Å². The van der Waals surface area contributed by atoms with E-state index in [4.69, 9.17) is 9.47 Å². The predicted molar refractivity (Wildman–Crippen MR) is 45.3 cm³/mol. The molecule has 1 rings (SSSR count). The van der Waals surface area contributed by atoms with Crippen LogP contribution in [-0.4, -0.2) is 25.9 Å². The average Bonchev–Trinajstić information content (AvgIpc) is 2.15. The summed E-state index contributed by atoms with van der Waals surface area (Å²) in [5, 5.41) is 2.86. The maximum Gasteiger partial charge on any atom is 0.213 e. The Morgan fingerprint density at radius 2 is 2.33 bits per heavy atom. The molecule has 1 heterocycles. The summed E-state index contributed by atoms with van der Waals surface area (Å²) in [6, 6.07) is 3.56. The lowest BCUT2D eigenvalue weighted by Crippen LogP contribution is -2.14. The van der Waals surface area contributed by atoms with Crippen LogP contribution in [0, 0.1) is 0 Å². The fraction of sp³-hybridized carbons (Fsp3) is 0.375. The van der Waals surface area contributed by atoms with Crippen LogP contribution in [0.15, 0.2) is 18.3 Å². The first-order chi connectivity index (χ1) is 5.86. The van der Waals surface area contributed by atoms with Crippen molar-refractivity contribution >= 4 is 0 Å². The summed E-state index contributed by atoms with van der Waals surface area (Å²) in [6.07, 6.45) is 1.62. The Kier molecular flexibility index (Phi) is 3.35. The third-order valence-electron chi connectivity index (χ3n) is 1.30. The maximum atomic E-state index is 5.23. The molecule has 0 amide bonds. The average molecular weight is 168 g/mol. The molecule has 0 aromatic carbocycles. The normalized spacial score (nSPS) is 9.50. The van der Waals surface area contributed by atoms with Crippen LogP contribution in [0.3, 0.4) is 0 Å². The second kappa shape index (κ2) is 4.56. The van der Waals surface area contributed by atoms with E-state index in [0.29, 0.717) is 12.6 Å². The lowest BCUT2D eigenvalue weighted by molar-refractivity contribution is 0.293. The molecule has 0 fully saturated rings. The van der Waals surface area contributed by atoms with Crippen molar-refractivity contribution in [3.63, 3.8) is 0 Å². The van der Waals surface area contributed by atoms with E-state index in [1.165, 1.54) is 0 Å². The highest BCUT2D eigenvalue weighted by atomic mass is 16.5. The van der Waals surface area contributed by atoms with Crippen LogP contribution in [0.5, 0.6) is 11.6 Å². The minimum atomic E-state index is 0.480. The van der Waals surface area contributed by atoms with Crippen LogP contribution in [0.4, 0.5) is 0 Å². The van der Waals surface area contributed by atoms with E-state index in [1.807, 2.05) is 13.1 Å². The van der Waals surface area contributed by atoms with Crippen LogP contribution in [0.1, 0.15) is 0 Å². The Balaban J connectivity index is 2.53. The second-order valence-corrected chi connectivity index (χ2v) is 2.18. The van der Waals surface area contributed by atoms with Gasteiger partial charge < -0.3 is 9.47 Å². The molecule has 4 nitrogen and oxygen atoms in total. The first kappa shape index (κ1) is 8.80. The van der Waals surface area contributed by atoms with Crippen molar-refractivity contribution in [2.24, 2.45) is 0 Å². The maximum absolute atomic E-state index is 5.23. The summed E-state index contributed by atoms with van der Waals surface area (Å²) in [6.45, 7) is 0.480. The monoisotopic (exact) mass is 168 g/mol. The van der Waals surface area contributed by atoms with E-state index in [-0.39, 0.29) is 0 Å². The van der Waals surface area contributed by atoms with Crippen molar-refractivity contribution in [1.82, 2.24) is 10.3 Å². The van der Waals surface area contributed by atoms with E-state index >= 15 is 0 Å². The van der Waals surface area contributed by atoms with Crippen molar-refractivity contribution < 1.29 is 9.47 Å². The van der Waals surface area contributed by atoms with E-state index in [9.17, 15) is 0 Å². The largest absolute Gasteiger partial charge is 0.481 e. The second-order valence-electron chi connectivity index (χ2n) is 2.18. The van der Waals surface area contributed by atoms with Crippen molar-refractivity contribution in [1.29, 1.82) is 0 Å². The molecule has 0 aliphatic carbocycles. The van der Waals surface area contributed by atoms with Gasteiger partial charge in [0.05, 0.1) is 13.3 Å². The predicted octanol–water partition coefficient (Wildman–Crippen LogP) is 0.646. The summed E-state index contributed by atoms with van der Waals surface area (Å²) in [5.41, 5.74) is 0. The number of rotatable bonds is 4. The highest BCUT2D eigenvalue weighted by Gasteiger charge is 1.94. The molecule has 1 N–H and O–H groups in total. The number of methoxy groups -OCH3 is 1. The fourth-order valence-electron chi connectivity index (χ4n) is 0.728. The zero-order valence-electron chi connectivity index (χ0n) is 7.20. The van der Waals surface area contributed by atoms with Gasteiger partial charge in [-0.25, -0.2) is 4.98 Å². The molecule has 4 heteroatoms. The van der Waals surface area contributed by atoms with Gasteiger partial charge in [0.15, 0.2) is 0 Å². The zero-order chi connectivity index (χ0) is 8.81. The summed E-state index contributed by atoms with van der Waals surface area (Å²) < 4.78 is 10.1. The van der Waals surface area contributed by atoms with Gasteiger partial charge in [-0.05, 0) is 13.1 Å². The van der Waals surface area contributed by atoms with Crippen LogP contribution >= 0.6 is 0 Å². The minimum Gasteiger partial charge on any atom is -0.481 e. The third-order valence-corrected chi connectivity index (χ3v) is 1.30. The Morgan fingerprint density at radius 1 is 1.50 bits per heavy atom. The van der Waals surface area contributed by atoms with Gasteiger partial charge in [0.2, 0.25) is 5.88 Å². The molecule has 0 radical (unpaired) electrons. The molecule has 0 bridgehead atoms. The molecule has 0 saturated heterocycles. The molecule has 12 heavy (non-hydrogen) atoms. The Hall–Kier alpha value is -1.29. The number of hydrogen-bond donors (Lipinski definition) is 1. The molecule has 0 spiro atoms. The first-order valence-corrected chi connectivity index (χ1v) is 3.64. The van der Waals surface area contributed by atoms with Crippen LogP contribution < -0.4 is 14.8 Å². The quantitative estimate of drug-likeness (QED) is 0.670. The molecule has 0 atom stereocenters. The highest BCUT2D eigenvalue weighted by Crippen LogP contribution is 2.12. The zero-order valence-corrected chi connectivity index (χ0v) is 7.20. The number of hydrogen-bond acceptors (Lipinski definition) is 4. The SMILES string of the molecule is CNCOc1ccc(OC)nc1. The standard InChI is InChI=1S/C8H12N2O2/c1-9-6-12-7-3-4-8(11-2)10-5-7/h3-5,9H,6H2,1-2H3. The van der Waals surface area contributed by atoms with Gasteiger partial charge in [0.1, 0.15) is 12.5 Å². The molecule has 66 valence electrons. The molecule has 1 aromatic heterocycles. The molecular weight excluding hydrogens is 156 g/mol. The fourth-order valence-corrected chi connectivity index (χ4v) is 0.728. The number of ether oxygens (including phenoxy) is 2. The lowest BCUT2D eigenvalue weighted by Gasteiger charge is -2.04. The van der Waals surface area contributed by atoms with Gasteiger partial charge in [-0.2, -0.15) is 0 Å². The number of nitrogens with zero attached hydrogens (tertiary/aromatic N) is 1. The van der Waals surface area contributed by atoms with Gasteiger partial charge in [0.25, 0.3) is 0 Å². The van der Waals surface area contributed by atoms with Gasteiger partial charge in [0, 0.05) is 6.07 Å². The van der Waals surface area contributed by atoms with Crippen LogP contribution in [-0.2, 0) is 0 Å².